The molecule has 0 spiro atoms. The number of hydrogen-bond acceptors (Lipinski definition) is 6. The Kier molecular flexibility index (Phi) is 6.93. The van der Waals surface area contributed by atoms with Gasteiger partial charge in [0.25, 0.3) is 5.91 Å². The van der Waals surface area contributed by atoms with E-state index in [1.165, 1.54) is 31.4 Å². The Labute approximate surface area is 157 Å². The first-order valence-electron chi connectivity index (χ1n) is 8.23. The van der Waals surface area contributed by atoms with E-state index in [4.69, 9.17) is 9.47 Å². The van der Waals surface area contributed by atoms with Gasteiger partial charge in [0, 0.05) is 0 Å². The van der Waals surface area contributed by atoms with Crippen molar-refractivity contribution in [1.82, 2.24) is 5.32 Å². The van der Waals surface area contributed by atoms with Crippen molar-refractivity contribution in [3.05, 3.63) is 65.2 Å². The lowest BCUT2D eigenvalue weighted by molar-refractivity contribution is -0.124. The van der Waals surface area contributed by atoms with Crippen molar-refractivity contribution >= 4 is 17.8 Å². The van der Waals surface area contributed by atoms with Crippen LogP contribution in [0.25, 0.3) is 0 Å². The third-order valence-corrected chi connectivity index (χ3v) is 3.83. The van der Waals surface area contributed by atoms with Gasteiger partial charge in [-0.25, -0.2) is 9.59 Å². The number of methoxy groups -OCH3 is 2. The van der Waals surface area contributed by atoms with Gasteiger partial charge in [0.15, 0.2) is 6.61 Å². The Balaban J connectivity index is 1.91. The van der Waals surface area contributed by atoms with Crippen molar-refractivity contribution in [3.8, 4) is 5.75 Å². The van der Waals surface area contributed by atoms with Gasteiger partial charge in [-0.3, -0.25) is 4.79 Å². The van der Waals surface area contributed by atoms with Gasteiger partial charge in [-0.15, -0.1) is 0 Å². The minimum absolute atomic E-state index is 0.159. The second-order valence-electron chi connectivity index (χ2n) is 5.71. The first kappa shape index (κ1) is 20.0. The molecule has 0 aliphatic heterocycles. The van der Waals surface area contributed by atoms with Crippen molar-refractivity contribution in [1.29, 1.82) is 0 Å². The topological polar surface area (TPSA) is 90.9 Å². The van der Waals surface area contributed by atoms with Crippen LogP contribution < -0.4 is 10.1 Å². The van der Waals surface area contributed by atoms with Gasteiger partial charge in [0.2, 0.25) is 0 Å². The summed E-state index contributed by atoms with van der Waals surface area (Å²) in [4.78, 5) is 35.6. The molecule has 1 N–H and O–H groups in total. The highest BCUT2D eigenvalue weighted by atomic mass is 16.5. The average molecular weight is 371 g/mol. The van der Waals surface area contributed by atoms with Crippen LogP contribution >= 0.6 is 0 Å². The summed E-state index contributed by atoms with van der Waals surface area (Å²) in [6.07, 6.45) is 0. The Hall–Kier alpha value is -3.35. The van der Waals surface area contributed by atoms with Crippen molar-refractivity contribution in [2.75, 3.05) is 20.8 Å². The summed E-state index contributed by atoms with van der Waals surface area (Å²) in [7, 11) is 2.82. The van der Waals surface area contributed by atoms with Crippen LogP contribution in [-0.2, 0) is 14.3 Å². The summed E-state index contributed by atoms with van der Waals surface area (Å²) in [6.45, 7) is 1.38. The Bertz CT molecular complexity index is 833. The molecule has 142 valence electrons. The molecule has 0 radical (unpaired) electrons. The van der Waals surface area contributed by atoms with E-state index in [0.29, 0.717) is 5.75 Å². The summed E-state index contributed by atoms with van der Waals surface area (Å²) in [6, 6.07) is 12.9. The third-order valence-electron chi connectivity index (χ3n) is 3.83. The standard InChI is InChI=1S/C20H21NO6/c1-13(14-6-5-9-17(11-14)25-2)21-18(22)12-27-20(24)16-8-4-7-15(10-16)19(23)26-3/h4-11,13H,12H2,1-3H3,(H,21,22). The maximum atomic E-state index is 12.1. The molecule has 0 bridgehead atoms. The van der Waals surface area contributed by atoms with Crippen molar-refractivity contribution < 1.29 is 28.6 Å². The van der Waals surface area contributed by atoms with Crippen LogP contribution in [0.3, 0.4) is 0 Å². The molecule has 0 saturated carbocycles. The van der Waals surface area contributed by atoms with E-state index in [-0.39, 0.29) is 17.2 Å². The molecule has 27 heavy (non-hydrogen) atoms. The van der Waals surface area contributed by atoms with Gasteiger partial charge < -0.3 is 19.5 Å². The molecular weight excluding hydrogens is 350 g/mol. The Morgan fingerprint density at radius 2 is 1.63 bits per heavy atom. The maximum absolute atomic E-state index is 12.1. The van der Waals surface area contributed by atoms with Crippen LogP contribution in [-0.4, -0.2) is 38.7 Å². The van der Waals surface area contributed by atoms with Crippen molar-refractivity contribution in [2.45, 2.75) is 13.0 Å². The third kappa shape index (κ3) is 5.57. The molecule has 2 aromatic rings. The molecule has 2 rings (SSSR count). The SMILES string of the molecule is COC(=O)c1cccc(C(=O)OCC(=O)NC(C)c2cccc(OC)c2)c1. The quantitative estimate of drug-likeness (QED) is 0.752. The van der Waals surface area contributed by atoms with Gasteiger partial charge in [0.1, 0.15) is 5.75 Å². The zero-order valence-electron chi connectivity index (χ0n) is 15.4. The lowest BCUT2D eigenvalue weighted by Crippen LogP contribution is -2.31. The van der Waals surface area contributed by atoms with E-state index in [9.17, 15) is 14.4 Å². The minimum atomic E-state index is -0.704. The summed E-state index contributed by atoms with van der Waals surface area (Å²) >= 11 is 0. The number of ether oxygens (including phenoxy) is 3. The number of rotatable bonds is 7. The molecule has 1 unspecified atom stereocenters. The molecule has 0 saturated heterocycles. The summed E-state index contributed by atoms with van der Waals surface area (Å²) in [5, 5.41) is 2.75. The van der Waals surface area contributed by atoms with Crippen LogP contribution in [0.1, 0.15) is 39.2 Å². The fourth-order valence-electron chi connectivity index (χ4n) is 2.38. The zero-order chi connectivity index (χ0) is 19.8. The monoisotopic (exact) mass is 371 g/mol. The van der Waals surface area contributed by atoms with Crippen molar-refractivity contribution in [3.63, 3.8) is 0 Å². The lowest BCUT2D eigenvalue weighted by Gasteiger charge is -2.15. The second-order valence-corrected chi connectivity index (χ2v) is 5.71. The molecule has 7 heteroatoms. The van der Waals surface area contributed by atoms with Gasteiger partial charge >= 0.3 is 11.9 Å². The number of carbonyl (C=O) groups excluding carboxylic acids is 3. The number of amides is 1. The van der Waals surface area contributed by atoms with Gasteiger partial charge in [-0.05, 0) is 42.8 Å². The molecule has 0 aliphatic rings. The Morgan fingerprint density at radius 3 is 2.30 bits per heavy atom. The van der Waals surface area contributed by atoms with Gasteiger partial charge in [-0.2, -0.15) is 0 Å². The van der Waals surface area contributed by atoms with E-state index in [1.54, 1.807) is 7.11 Å². The smallest absolute Gasteiger partial charge is 0.338 e. The molecule has 0 aliphatic carbocycles. The summed E-state index contributed by atoms with van der Waals surface area (Å²) in [5.74, 6) is -1.02. The highest BCUT2D eigenvalue weighted by Crippen LogP contribution is 2.18. The number of nitrogens with one attached hydrogen (secondary N) is 1. The van der Waals surface area contributed by atoms with E-state index in [2.05, 4.69) is 10.1 Å². The maximum Gasteiger partial charge on any atom is 0.338 e. The van der Waals surface area contributed by atoms with E-state index < -0.39 is 24.5 Å². The molecule has 0 heterocycles. The average Bonchev–Trinajstić information content (AvgIpc) is 2.71. The number of benzene rings is 2. The van der Waals surface area contributed by atoms with Gasteiger partial charge in [0.05, 0.1) is 31.4 Å². The van der Waals surface area contributed by atoms with E-state index in [0.717, 1.165) is 5.56 Å². The largest absolute Gasteiger partial charge is 0.497 e. The fraction of sp³-hybridized carbons (Fsp3) is 0.250. The predicted octanol–water partition coefficient (Wildman–Crippen LogP) is 2.52. The first-order valence-corrected chi connectivity index (χ1v) is 8.23. The molecule has 1 atom stereocenters. The normalized spacial score (nSPS) is 11.2. The van der Waals surface area contributed by atoms with Crippen LogP contribution in [0.5, 0.6) is 5.75 Å². The van der Waals surface area contributed by atoms with Gasteiger partial charge in [-0.1, -0.05) is 18.2 Å². The molecule has 0 aromatic heterocycles. The summed E-state index contributed by atoms with van der Waals surface area (Å²) in [5.41, 5.74) is 1.24. The second kappa shape index (κ2) is 9.38. The highest BCUT2D eigenvalue weighted by Gasteiger charge is 2.15. The molecule has 7 nitrogen and oxygen atoms in total. The van der Waals surface area contributed by atoms with Crippen LogP contribution in [0, 0.1) is 0 Å². The molecule has 2 aromatic carbocycles. The van der Waals surface area contributed by atoms with Crippen LogP contribution in [0.15, 0.2) is 48.5 Å². The number of esters is 2. The van der Waals surface area contributed by atoms with E-state index in [1.807, 2.05) is 31.2 Å². The summed E-state index contributed by atoms with van der Waals surface area (Å²) < 4.78 is 14.8. The molecule has 0 fully saturated rings. The minimum Gasteiger partial charge on any atom is -0.497 e. The fourth-order valence-corrected chi connectivity index (χ4v) is 2.38. The molecular formula is C20H21NO6. The highest BCUT2D eigenvalue weighted by molar-refractivity contribution is 5.96. The molecule has 1 amide bonds. The van der Waals surface area contributed by atoms with Crippen LogP contribution in [0.2, 0.25) is 0 Å². The zero-order valence-corrected chi connectivity index (χ0v) is 15.4. The van der Waals surface area contributed by atoms with Crippen LogP contribution in [0.4, 0.5) is 0 Å². The predicted molar refractivity (Wildman–Crippen MR) is 97.6 cm³/mol. The lowest BCUT2D eigenvalue weighted by atomic mass is 10.1. The number of hydrogen-bond donors (Lipinski definition) is 1. The van der Waals surface area contributed by atoms with Crippen molar-refractivity contribution in [2.24, 2.45) is 0 Å². The Morgan fingerprint density at radius 1 is 0.963 bits per heavy atom. The number of carbonyl (C=O) groups is 3. The first-order chi connectivity index (χ1) is 12.9. The van der Waals surface area contributed by atoms with E-state index >= 15 is 0 Å².